The van der Waals surface area contributed by atoms with Crippen molar-refractivity contribution >= 4 is 34.4 Å². The van der Waals surface area contributed by atoms with E-state index in [2.05, 4.69) is 5.32 Å². The predicted molar refractivity (Wildman–Crippen MR) is 59.2 cm³/mol. The Hall–Kier alpha value is -1.13. The van der Waals surface area contributed by atoms with Gasteiger partial charge in [-0.15, -0.1) is 0 Å². The van der Waals surface area contributed by atoms with E-state index in [4.69, 9.17) is 23.2 Å². The van der Waals surface area contributed by atoms with Crippen molar-refractivity contribution in [1.29, 1.82) is 0 Å². The SMILES string of the molecule is O=C(Cl)CCNC(=O)c1c(F)cccc1Cl. The summed E-state index contributed by atoms with van der Waals surface area (Å²) in [4.78, 5) is 21.9. The predicted octanol–water partition coefficient (Wildman–Crippen LogP) is 2.36. The molecule has 0 fully saturated rings. The van der Waals surface area contributed by atoms with Crippen LogP contribution >= 0.6 is 23.2 Å². The van der Waals surface area contributed by atoms with Crippen LogP contribution in [0.5, 0.6) is 0 Å². The Kier molecular flexibility index (Phi) is 4.71. The lowest BCUT2D eigenvalue weighted by Crippen LogP contribution is -2.26. The van der Waals surface area contributed by atoms with Gasteiger partial charge in [-0.25, -0.2) is 4.39 Å². The van der Waals surface area contributed by atoms with Crippen molar-refractivity contribution in [2.45, 2.75) is 6.42 Å². The number of hydrogen-bond acceptors (Lipinski definition) is 2. The van der Waals surface area contributed by atoms with Crippen LogP contribution in [0.2, 0.25) is 5.02 Å². The zero-order valence-electron chi connectivity index (χ0n) is 8.10. The number of halogens is 3. The van der Waals surface area contributed by atoms with Crippen LogP contribution in [0.15, 0.2) is 18.2 Å². The molecule has 0 aliphatic rings. The van der Waals surface area contributed by atoms with Crippen LogP contribution in [-0.2, 0) is 4.79 Å². The summed E-state index contributed by atoms with van der Waals surface area (Å²) in [6, 6.07) is 3.94. The van der Waals surface area contributed by atoms with Crippen molar-refractivity contribution in [2.24, 2.45) is 0 Å². The Labute approximate surface area is 102 Å². The average Bonchev–Trinajstić information content (AvgIpc) is 2.16. The lowest BCUT2D eigenvalue weighted by Gasteiger charge is -2.06. The normalized spacial score (nSPS) is 9.94. The molecule has 0 bridgehead atoms. The van der Waals surface area contributed by atoms with E-state index in [0.29, 0.717) is 0 Å². The van der Waals surface area contributed by atoms with Gasteiger partial charge in [0, 0.05) is 13.0 Å². The second-order valence-corrected chi connectivity index (χ2v) is 3.79. The third-order valence-electron chi connectivity index (χ3n) is 1.80. The van der Waals surface area contributed by atoms with Crippen LogP contribution in [0, 0.1) is 5.82 Å². The maximum absolute atomic E-state index is 13.2. The van der Waals surface area contributed by atoms with Crippen LogP contribution in [0.4, 0.5) is 4.39 Å². The molecule has 1 aromatic rings. The minimum atomic E-state index is -0.706. The Morgan fingerprint density at radius 1 is 1.38 bits per heavy atom. The fourth-order valence-electron chi connectivity index (χ4n) is 1.08. The number of carbonyl (C=O) groups is 2. The lowest BCUT2D eigenvalue weighted by molar-refractivity contribution is -0.111. The number of amides is 1. The first-order valence-electron chi connectivity index (χ1n) is 4.43. The summed E-state index contributed by atoms with van der Waals surface area (Å²) in [6.07, 6.45) is -0.0145. The number of benzene rings is 1. The van der Waals surface area contributed by atoms with Crippen LogP contribution < -0.4 is 5.32 Å². The molecule has 3 nitrogen and oxygen atoms in total. The third kappa shape index (κ3) is 3.47. The van der Waals surface area contributed by atoms with Gasteiger partial charge in [-0.1, -0.05) is 17.7 Å². The van der Waals surface area contributed by atoms with Crippen molar-refractivity contribution in [3.05, 3.63) is 34.6 Å². The molecule has 0 radical (unpaired) electrons. The molecular formula is C10H8Cl2FNO2. The van der Waals surface area contributed by atoms with Crippen molar-refractivity contribution in [1.82, 2.24) is 5.32 Å². The van der Waals surface area contributed by atoms with E-state index in [-0.39, 0.29) is 23.6 Å². The fourth-order valence-corrected chi connectivity index (χ4v) is 1.42. The smallest absolute Gasteiger partial charge is 0.255 e. The highest BCUT2D eigenvalue weighted by atomic mass is 35.5. The molecular weight excluding hydrogens is 256 g/mol. The number of rotatable bonds is 4. The molecule has 86 valence electrons. The molecule has 6 heteroatoms. The minimum Gasteiger partial charge on any atom is -0.351 e. The van der Waals surface area contributed by atoms with Gasteiger partial charge in [0.05, 0.1) is 10.6 Å². The largest absolute Gasteiger partial charge is 0.351 e. The summed E-state index contributed by atoms with van der Waals surface area (Å²) >= 11 is 10.8. The molecule has 0 heterocycles. The van der Waals surface area contributed by atoms with Gasteiger partial charge in [0.25, 0.3) is 5.91 Å². The van der Waals surface area contributed by atoms with Crippen molar-refractivity contribution in [2.75, 3.05) is 6.54 Å². The molecule has 1 amide bonds. The first-order valence-corrected chi connectivity index (χ1v) is 5.18. The van der Waals surface area contributed by atoms with Gasteiger partial charge >= 0.3 is 0 Å². The Bertz CT molecular complexity index is 403. The van der Waals surface area contributed by atoms with Crippen LogP contribution in [0.25, 0.3) is 0 Å². The molecule has 1 aromatic carbocycles. The third-order valence-corrected chi connectivity index (χ3v) is 2.30. The average molecular weight is 264 g/mol. The van der Waals surface area contributed by atoms with Gasteiger partial charge in [-0.3, -0.25) is 9.59 Å². The Morgan fingerprint density at radius 2 is 2.06 bits per heavy atom. The molecule has 0 aliphatic heterocycles. The van der Waals surface area contributed by atoms with Crippen molar-refractivity contribution in [3.63, 3.8) is 0 Å². The summed E-state index contributed by atoms with van der Waals surface area (Å²) in [7, 11) is 0. The lowest BCUT2D eigenvalue weighted by atomic mass is 10.2. The number of hydrogen-bond donors (Lipinski definition) is 1. The van der Waals surface area contributed by atoms with Crippen LogP contribution in [0.3, 0.4) is 0 Å². The standard InChI is InChI=1S/C10H8Cl2FNO2/c11-6-2-1-3-7(13)9(6)10(16)14-5-4-8(12)15/h1-3H,4-5H2,(H,14,16). The maximum atomic E-state index is 13.2. The zero-order chi connectivity index (χ0) is 12.1. The first kappa shape index (κ1) is 12.9. The molecule has 0 unspecified atom stereocenters. The summed E-state index contributed by atoms with van der Waals surface area (Å²) in [5.41, 5.74) is -0.230. The topological polar surface area (TPSA) is 46.2 Å². The van der Waals surface area contributed by atoms with E-state index in [0.717, 1.165) is 6.07 Å². The molecule has 1 N–H and O–H groups in total. The van der Waals surface area contributed by atoms with E-state index < -0.39 is 17.0 Å². The van der Waals surface area contributed by atoms with Gasteiger partial charge in [0.2, 0.25) is 5.24 Å². The van der Waals surface area contributed by atoms with Crippen molar-refractivity contribution in [3.8, 4) is 0 Å². The molecule has 0 spiro atoms. The molecule has 1 rings (SSSR count). The summed E-state index contributed by atoms with van der Waals surface area (Å²) < 4.78 is 13.2. The van der Waals surface area contributed by atoms with Gasteiger partial charge in [-0.05, 0) is 23.7 Å². The second-order valence-electron chi connectivity index (χ2n) is 2.96. The van der Waals surface area contributed by atoms with Crippen LogP contribution in [-0.4, -0.2) is 17.7 Å². The van der Waals surface area contributed by atoms with Gasteiger partial charge < -0.3 is 5.32 Å². The summed E-state index contributed by atoms with van der Waals surface area (Å²) in [5, 5.41) is 1.80. The van der Waals surface area contributed by atoms with Crippen molar-refractivity contribution < 1.29 is 14.0 Å². The summed E-state index contributed by atoms with van der Waals surface area (Å²) in [5.74, 6) is -1.37. The first-order chi connectivity index (χ1) is 7.52. The van der Waals surface area contributed by atoms with E-state index in [1.165, 1.54) is 12.1 Å². The zero-order valence-corrected chi connectivity index (χ0v) is 9.61. The van der Waals surface area contributed by atoms with E-state index in [1.54, 1.807) is 0 Å². The number of nitrogens with one attached hydrogen (secondary N) is 1. The van der Waals surface area contributed by atoms with Gasteiger partial charge in [0.1, 0.15) is 5.82 Å². The van der Waals surface area contributed by atoms with Crippen LogP contribution in [0.1, 0.15) is 16.8 Å². The number of carbonyl (C=O) groups excluding carboxylic acids is 2. The van der Waals surface area contributed by atoms with E-state index in [1.807, 2.05) is 0 Å². The fraction of sp³-hybridized carbons (Fsp3) is 0.200. The summed E-state index contributed by atoms with van der Waals surface area (Å²) in [6.45, 7) is 0.0475. The quantitative estimate of drug-likeness (QED) is 0.848. The molecule has 0 saturated heterocycles. The molecule has 0 aromatic heterocycles. The minimum absolute atomic E-state index is 0.0145. The highest BCUT2D eigenvalue weighted by Gasteiger charge is 2.15. The van der Waals surface area contributed by atoms with E-state index in [9.17, 15) is 14.0 Å². The molecule has 0 saturated carbocycles. The molecule has 0 aliphatic carbocycles. The maximum Gasteiger partial charge on any atom is 0.255 e. The van der Waals surface area contributed by atoms with Gasteiger partial charge in [0.15, 0.2) is 0 Å². The highest BCUT2D eigenvalue weighted by molar-refractivity contribution is 6.63. The highest BCUT2D eigenvalue weighted by Crippen LogP contribution is 2.18. The van der Waals surface area contributed by atoms with Gasteiger partial charge in [-0.2, -0.15) is 0 Å². The molecule has 0 atom stereocenters. The second kappa shape index (κ2) is 5.82. The monoisotopic (exact) mass is 263 g/mol. The van der Waals surface area contributed by atoms with E-state index >= 15 is 0 Å². The Balaban J connectivity index is 2.70. The molecule has 16 heavy (non-hydrogen) atoms. The Morgan fingerprint density at radius 3 is 2.62 bits per heavy atom.